The number of thioether (sulfide) groups is 2. The molecule has 0 amide bonds. The van der Waals surface area contributed by atoms with Gasteiger partial charge in [-0.1, -0.05) is 18.7 Å². The first kappa shape index (κ1) is 12.9. The van der Waals surface area contributed by atoms with E-state index in [0.29, 0.717) is 5.70 Å². The van der Waals surface area contributed by atoms with Crippen LogP contribution < -0.4 is 0 Å². The molecule has 5 heteroatoms. The predicted octanol–water partition coefficient (Wildman–Crippen LogP) is 4.17. The Kier molecular flexibility index (Phi) is 4.48. The van der Waals surface area contributed by atoms with E-state index in [9.17, 15) is 4.79 Å². The quantitative estimate of drug-likeness (QED) is 0.780. The summed E-state index contributed by atoms with van der Waals surface area (Å²) in [4.78, 5) is 17.3. The van der Waals surface area contributed by atoms with Crippen LogP contribution in [0.15, 0.2) is 22.1 Å². The molecule has 1 aromatic heterocycles. The molecular weight excluding hydrogens is 270 g/mol. The molecule has 0 spiro atoms. The van der Waals surface area contributed by atoms with Gasteiger partial charge in [0.15, 0.2) is 0 Å². The lowest BCUT2D eigenvalue weighted by Crippen LogP contribution is -1.87. The molecule has 0 radical (unpaired) electrons. The number of rotatable bonds is 3. The number of carbonyl (C=O) groups excluding carboxylic acids is 1. The highest BCUT2D eigenvalue weighted by Crippen LogP contribution is 2.32. The highest BCUT2D eigenvalue weighted by atomic mass is 32.2. The van der Waals surface area contributed by atoms with Crippen molar-refractivity contribution in [3.63, 3.8) is 0 Å². The number of carbonyl (C=O) groups is 1. The minimum Gasteiger partial charge on any atom is -0.279 e. The molecular formula is C12H13NOS3. The molecule has 0 saturated carbocycles. The number of aliphatic imine (C=N–C) groups is 1. The molecule has 0 atom stereocenters. The van der Waals surface area contributed by atoms with Gasteiger partial charge in [-0.3, -0.25) is 4.79 Å². The molecule has 90 valence electrons. The van der Waals surface area contributed by atoms with Gasteiger partial charge >= 0.3 is 0 Å². The van der Waals surface area contributed by atoms with E-state index in [0.717, 1.165) is 21.4 Å². The fourth-order valence-electron chi connectivity index (χ4n) is 1.30. The Bertz CT molecular complexity index is 488. The van der Waals surface area contributed by atoms with Crippen LogP contribution in [0.2, 0.25) is 0 Å². The molecule has 0 unspecified atom stereocenters. The lowest BCUT2D eigenvalue weighted by molar-refractivity contribution is -0.107. The lowest BCUT2D eigenvalue weighted by atomic mass is 10.2. The van der Waals surface area contributed by atoms with E-state index >= 15 is 0 Å². The van der Waals surface area contributed by atoms with Crippen molar-refractivity contribution in [3.8, 4) is 0 Å². The van der Waals surface area contributed by atoms with E-state index < -0.39 is 0 Å². The van der Waals surface area contributed by atoms with Crippen molar-refractivity contribution in [1.82, 2.24) is 0 Å². The highest BCUT2D eigenvalue weighted by Gasteiger charge is 2.22. The Morgan fingerprint density at radius 2 is 2.35 bits per heavy atom. The Balaban J connectivity index is 2.16. The second kappa shape index (κ2) is 5.89. The molecule has 1 aromatic rings. The van der Waals surface area contributed by atoms with Crippen LogP contribution >= 0.6 is 34.9 Å². The third kappa shape index (κ3) is 3.24. The molecule has 1 aliphatic rings. The maximum atomic E-state index is 11.8. The van der Waals surface area contributed by atoms with Gasteiger partial charge in [-0.15, -0.1) is 11.3 Å². The largest absolute Gasteiger partial charge is 0.279 e. The summed E-state index contributed by atoms with van der Waals surface area (Å²) in [6, 6.07) is 2.06. The van der Waals surface area contributed by atoms with Crippen LogP contribution in [0.1, 0.15) is 23.8 Å². The summed E-state index contributed by atoms with van der Waals surface area (Å²) in [5.74, 6) is 1.02. The number of nitrogens with zero attached hydrogens (tertiary/aromatic N) is 1. The van der Waals surface area contributed by atoms with E-state index in [4.69, 9.17) is 0 Å². The van der Waals surface area contributed by atoms with Crippen molar-refractivity contribution in [3.05, 3.63) is 27.6 Å². The number of thiophene rings is 1. The SMILES string of the molecule is CCCSC1=N/C(=C/c2sccc2C)C(=O)S1. The smallest absolute Gasteiger partial charge is 0.244 e. The third-order valence-electron chi connectivity index (χ3n) is 2.20. The van der Waals surface area contributed by atoms with Gasteiger partial charge in [0.2, 0.25) is 5.12 Å². The van der Waals surface area contributed by atoms with Crippen molar-refractivity contribution in [2.75, 3.05) is 5.75 Å². The maximum Gasteiger partial charge on any atom is 0.244 e. The molecule has 2 rings (SSSR count). The second-order valence-electron chi connectivity index (χ2n) is 3.61. The van der Waals surface area contributed by atoms with Crippen LogP contribution in [0.3, 0.4) is 0 Å². The van der Waals surface area contributed by atoms with Gasteiger partial charge in [-0.2, -0.15) is 0 Å². The normalized spacial score (nSPS) is 17.9. The summed E-state index contributed by atoms with van der Waals surface area (Å²) in [6.45, 7) is 4.17. The first-order valence-corrected chi connectivity index (χ1v) is 8.08. The topological polar surface area (TPSA) is 29.4 Å². The predicted molar refractivity (Wildman–Crippen MR) is 79.8 cm³/mol. The summed E-state index contributed by atoms with van der Waals surface area (Å²) < 4.78 is 0.886. The first-order chi connectivity index (χ1) is 8.20. The third-order valence-corrected chi connectivity index (χ3v) is 5.38. The summed E-state index contributed by atoms with van der Waals surface area (Å²) in [5, 5.41) is 2.10. The molecule has 2 heterocycles. The molecule has 0 aromatic carbocycles. The van der Waals surface area contributed by atoms with Crippen LogP contribution in [0.5, 0.6) is 0 Å². The van der Waals surface area contributed by atoms with Gasteiger partial charge < -0.3 is 0 Å². The van der Waals surface area contributed by atoms with Crippen molar-refractivity contribution < 1.29 is 4.79 Å². The van der Waals surface area contributed by atoms with Crippen LogP contribution in [0, 0.1) is 6.92 Å². The number of aryl methyl sites for hydroxylation is 1. The highest BCUT2D eigenvalue weighted by molar-refractivity contribution is 8.45. The number of hydrogen-bond acceptors (Lipinski definition) is 5. The molecule has 0 bridgehead atoms. The maximum absolute atomic E-state index is 11.8. The zero-order valence-electron chi connectivity index (χ0n) is 9.73. The lowest BCUT2D eigenvalue weighted by Gasteiger charge is -1.92. The Labute approximate surface area is 114 Å². The molecule has 2 nitrogen and oxygen atoms in total. The van der Waals surface area contributed by atoms with Crippen LogP contribution in [0.25, 0.3) is 6.08 Å². The van der Waals surface area contributed by atoms with Crippen molar-refractivity contribution in [2.45, 2.75) is 20.3 Å². The van der Waals surface area contributed by atoms with Gasteiger partial charge in [-0.05, 0) is 53.9 Å². The summed E-state index contributed by atoms with van der Waals surface area (Å²) >= 11 is 4.56. The summed E-state index contributed by atoms with van der Waals surface area (Å²) in [6.07, 6.45) is 3.00. The average Bonchev–Trinajstić information content (AvgIpc) is 2.85. The molecule has 1 aliphatic heterocycles. The molecule has 0 aliphatic carbocycles. The van der Waals surface area contributed by atoms with Crippen molar-refractivity contribution in [1.29, 1.82) is 0 Å². The van der Waals surface area contributed by atoms with E-state index in [2.05, 4.69) is 18.0 Å². The first-order valence-electron chi connectivity index (χ1n) is 5.40. The molecule has 0 saturated heterocycles. The fourth-order valence-corrected chi connectivity index (χ4v) is 3.92. The van der Waals surface area contributed by atoms with Crippen LogP contribution in [-0.4, -0.2) is 15.2 Å². The van der Waals surface area contributed by atoms with Gasteiger partial charge in [0.05, 0.1) is 0 Å². The van der Waals surface area contributed by atoms with Crippen LogP contribution in [0.4, 0.5) is 0 Å². The Morgan fingerprint density at radius 1 is 1.53 bits per heavy atom. The Morgan fingerprint density at radius 3 is 3.00 bits per heavy atom. The van der Waals surface area contributed by atoms with Gasteiger partial charge in [0, 0.05) is 4.88 Å². The zero-order chi connectivity index (χ0) is 12.3. The average molecular weight is 283 g/mol. The van der Waals surface area contributed by atoms with E-state index in [1.807, 2.05) is 18.4 Å². The summed E-state index contributed by atoms with van der Waals surface area (Å²) in [5.41, 5.74) is 1.78. The van der Waals surface area contributed by atoms with E-state index in [-0.39, 0.29) is 5.12 Å². The fraction of sp³-hybridized carbons (Fsp3) is 0.333. The molecule has 17 heavy (non-hydrogen) atoms. The monoisotopic (exact) mass is 283 g/mol. The molecule has 0 fully saturated rings. The van der Waals surface area contributed by atoms with Crippen molar-refractivity contribution >= 4 is 50.4 Å². The second-order valence-corrected chi connectivity index (χ2v) is 6.86. The minimum absolute atomic E-state index is 0.0661. The zero-order valence-corrected chi connectivity index (χ0v) is 12.2. The number of hydrogen-bond donors (Lipinski definition) is 0. The van der Waals surface area contributed by atoms with Gasteiger partial charge in [-0.25, -0.2) is 4.99 Å². The molecule has 0 N–H and O–H groups in total. The van der Waals surface area contributed by atoms with Gasteiger partial charge in [0.25, 0.3) is 0 Å². The Hall–Kier alpha value is -0.520. The van der Waals surface area contributed by atoms with E-state index in [1.54, 1.807) is 23.1 Å². The van der Waals surface area contributed by atoms with Crippen molar-refractivity contribution in [2.24, 2.45) is 4.99 Å². The van der Waals surface area contributed by atoms with E-state index in [1.165, 1.54) is 17.3 Å². The van der Waals surface area contributed by atoms with Crippen LogP contribution in [-0.2, 0) is 4.79 Å². The minimum atomic E-state index is 0.0661. The standard InChI is InChI=1S/C12H13NOS3/c1-3-5-16-12-13-9(11(14)17-12)7-10-8(2)4-6-15-10/h4,6-7H,3,5H2,1-2H3/b9-7+. The summed E-state index contributed by atoms with van der Waals surface area (Å²) in [7, 11) is 0. The van der Waals surface area contributed by atoms with Gasteiger partial charge in [0.1, 0.15) is 10.1 Å².